The topological polar surface area (TPSA) is 62.6 Å². The summed E-state index contributed by atoms with van der Waals surface area (Å²) >= 11 is 0. The number of para-hydroxylation sites is 1. The molecule has 21 heavy (non-hydrogen) atoms. The van der Waals surface area contributed by atoms with E-state index in [0.29, 0.717) is 25.1 Å². The SMILES string of the molecule is O=C(NCc1ccco1)C1CCC(=O)N1c1ccccc1. The molecule has 1 aromatic heterocycles. The maximum absolute atomic E-state index is 12.3. The molecule has 5 heteroatoms. The van der Waals surface area contributed by atoms with Gasteiger partial charge in [-0.2, -0.15) is 0 Å². The van der Waals surface area contributed by atoms with Crippen LogP contribution in [0.15, 0.2) is 53.1 Å². The third-order valence-electron chi connectivity index (χ3n) is 3.57. The Balaban J connectivity index is 1.71. The van der Waals surface area contributed by atoms with Gasteiger partial charge >= 0.3 is 0 Å². The third-order valence-corrected chi connectivity index (χ3v) is 3.57. The van der Waals surface area contributed by atoms with Crippen LogP contribution in [0.25, 0.3) is 0 Å². The van der Waals surface area contributed by atoms with Crippen molar-refractivity contribution >= 4 is 17.5 Å². The second-order valence-electron chi connectivity index (χ2n) is 4.95. The van der Waals surface area contributed by atoms with Gasteiger partial charge in [0.2, 0.25) is 11.8 Å². The van der Waals surface area contributed by atoms with Gasteiger partial charge < -0.3 is 9.73 Å². The number of carbonyl (C=O) groups excluding carboxylic acids is 2. The lowest BCUT2D eigenvalue weighted by Crippen LogP contribution is -2.44. The highest BCUT2D eigenvalue weighted by Gasteiger charge is 2.36. The van der Waals surface area contributed by atoms with E-state index in [1.165, 1.54) is 0 Å². The fraction of sp³-hybridized carbons (Fsp3) is 0.250. The second kappa shape index (κ2) is 5.83. The molecule has 1 aliphatic rings. The van der Waals surface area contributed by atoms with Gasteiger partial charge in [-0.1, -0.05) is 18.2 Å². The van der Waals surface area contributed by atoms with E-state index in [0.717, 1.165) is 5.69 Å². The molecule has 0 aliphatic carbocycles. The fourth-order valence-corrected chi connectivity index (χ4v) is 2.55. The zero-order valence-electron chi connectivity index (χ0n) is 11.5. The maximum Gasteiger partial charge on any atom is 0.243 e. The lowest BCUT2D eigenvalue weighted by atomic mass is 10.2. The van der Waals surface area contributed by atoms with Gasteiger partial charge in [-0.3, -0.25) is 14.5 Å². The van der Waals surface area contributed by atoms with E-state index in [4.69, 9.17) is 4.42 Å². The molecule has 1 atom stereocenters. The van der Waals surface area contributed by atoms with Crippen LogP contribution in [0.4, 0.5) is 5.69 Å². The van der Waals surface area contributed by atoms with Crippen LogP contribution in [0.3, 0.4) is 0 Å². The first-order valence-corrected chi connectivity index (χ1v) is 6.93. The molecule has 1 unspecified atom stereocenters. The van der Waals surface area contributed by atoms with E-state index in [2.05, 4.69) is 5.32 Å². The molecule has 2 aromatic rings. The van der Waals surface area contributed by atoms with E-state index in [1.807, 2.05) is 30.3 Å². The Morgan fingerprint density at radius 2 is 2.05 bits per heavy atom. The van der Waals surface area contributed by atoms with Crippen LogP contribution in [0.5, 0.6) is 0 Å². The van der Waals surface area contributed by atoms with Crippen LogP contribution < -0.4 is 10.2 Å². The van der Waals surface area contributed by atoms with Gasteiger partial charge in [-0.05, 0) is 30.7 Å². The minimum absolute atomic E-state index is 0.0145. The van der Waals surface area contributed by atoms with Crippen molar-refractivity contribution in [1.29, 1.82) is 0 Å². The second-order valence-corrected chi connectivity index (χ2v) is 4.95. The molecule has 0 saturated carbocycles. The summed E-state index contributed by atoms with van der Waals surface area (Å²) < 4.78 is 5.18. The molecule has 2 amide bonds. The van der Waals surface area contributed by atoms with Crippen LogP contribution in [0.1, 0.15) is 18.6 Å². The van der Waals surface area contributed by atoms with Crippen molar-refractivity contribution in [3.8, 4) is 0 Å². The summed E-state index contributed by atoms with van der Waals surface area (Å²) in [5.41, 5.74) is 0.762. The highest BCUT2D eigenvalue weighted by Crippen LogP contribution is 2.26. The molecule has 1 aromatic carbocycles. The molecule has 0 bridgehead atoms. The van der Waals surface area contributed by atoms with Gasteiger partial charge in [0, 0.05) is 12.1 Å². The number of hydrogen-bond acceptors (Lipinski definition) is 3. The molecule has 0 radical (unpaired) electrons. The number of nitrogens with one attached hydrogen (secondary N) is 1. The molecule has 1 N–H and O–H groups in total. The zero-order chi connectivity index (χ0) is 14.7. The Morgan fingerprint density at radius 3 is 2.76 bits per heavy atom. The predicted octanol–water partition coefficient (Wildman–Crippen LogP) is 2.09. The number of anilines is 1. The summed E-state index contributed by atoms with van der Waals surface area (Å²) in [4.78, 5) is 26.0. The molecule has 3 rings (SSSR count). The van der Waals surface area contributed by atoms with Gasteiger partial charge in [-0.25, -0.2) is 0 Å². The van der Waals surface area contributed by atoms with Crippen molar-refractivity contribution < 1.29 is 14.0 Å². The molecule has 0 spiro atoms. The van der Waals surface area contributed by atoms with Gasteiger partial charge in [0.05, 0.1) is 12.8 Å². The van der Waals surface area contributed by atoms with Gasteiger partial charge in [0.25, 0.3) is 0 Å². The Labute approximate surface area is 122 Å². The summed E-state index contributed by atoms with van der Waals surface area (Å²) in [7, 11) is 0. The lowest BCUT2D eigenvalue weighted by molar-refractivity contribution is -0.124. The Hall–Kier alpha value is -2.56. The molecular weight excluding hydrogens is 268 g/mol. The van der Waals surface area contributed by atoms with E-state index >= 15 is 0 Å². The number of furan rings is 1. The van der Waals surface area contributed by atoms with E-state index < -0.39 is 6.04 Å². The van der Waals surface area contributed by atoms with Crippen LogP contribution in [0, 0.1) is 0 Å². The van der Waals surface area contributed by atoms with Crippen LogP contribution >= 0.6 is 0 Å². The number of carbonyl (C=O) groups is 2. The number of amides is 2. The summed E-state index contributed by atoms with van der Waals surface area (Å²) in [5.74, 6) is 0.527. The highest BCUT2D eigenvalue weighted by molar-refractivity contribution is 6.03. The molecule has 108 valence electrons. The van der Waals surface area contributed by atoms with Crippen molar-refractivity contribution in [3.05, 3.63) is 54.5 Å². The summed E-state index contributed by atoms with van der Waals surface area (Å²) in [6, 6.07) is 12.4. The maximum atomic E-state index is 12.3. The minimum atomic E-state index is -0.449. The Bertz CT molecular complexity index is 622. The van der Waals surface area contributed by atoms with Crippen molar-refractivity contribution in [3.63, 3.8) is 0 Å². The highest BCUT2D eigenvalue weighted by atomic mass is 16.3. The average Bonchev–Trinajstić information content (AvgIpc) is 3.15. The number of hydrogen-bond donors (Lipinski definition) is 1. The first-order valence-electron chi connectivity index (χ1n) is 6.93. The first kappa shape index (κ1) is 13.4. The molecule has 1 saturated heterocycles. The average molecular weight is 284 g/mol. The van der Waals surface area contributed by atoms with E-state index in [9.17, 15) is 9.59 Å². The van der Waals surface area contributed by atoms with Crippen LogP contribution in [0.2, 0.25) is 0 Å². The molecule has 1 aliphatic heterocycles. The quantitative estimate of drug-likeness (QED) is 0.935. The van der Waals surface area contributed by atoms with Crippen molar-refractivity contribution in [2.24, 2.45) is 0 Å². The van der Waals surface area contributed by atoms with Crippen molar-refractivity contribution in [2.75, 3.05) is 4.90 Å². The zero-order valence-corrected chi connectivity index (χ0v) is 11.5. The number of rotatable bonds is 4. The summed E-state index contributed by atoms with van der Waals surface area (Å²) in [6.07, 6.45) is 2.50. The molecule has 1 fully saturated rings. The normalized spacial score (nSPS) is 18.0. The molecule has 5 nitrogen and oxygen atoms in total. The van der Waals surface area contributed by atoms with Crippen LogP contribution in [-0.4, -0.2) is 17.9 Å². The largest absolute Gasteiger partial charge is 0.467 e. The number of nitrogens with zero attached hydrogens (tertiary/aromatic N) is 1. The number of benzene rings is 1. The third kappa shape index (κ3) is 2.81. The first-order chi connectivity index (χ1) is 10.3. The van der Waals surface area contributed by atoms with Crippen LogP contribution in [-0.2, 0) is 16.1 Å². The summed E-state index contributed by atoms with van der Waals surface area (Å²) in [6.45, 7) is 0.332. The lowest BCUT2D eigenvalue weighted by Gasteiger charge is -2.24. The molecular formula is C16H16N2O3. The Kier molecular flexibility index (Phi) is 3.73. The predicted molar refractivity (Wildman–Crippen MR) is 77.5 cm³/mol. The Morgan fingerprint density at radius 1 is 1.24 bits per heavy atom. The molecule has 2 heterocycles. The van der Waals surface area contributed by atoms with E-state index in [-0.39, 0.29) is 11.8 Å². The standard InChI is InChI=1S/C16H16N2O3/c19-15-9-8-14(18(15)12-5-2-1-3-6-12)16(20)17-11-13-7-4-10-21-13/h1-7,10,14H,8-9,11H2,(H,17,20). The van der Waals surface area contributed by atoms with Crippen molar-refractivity contribution in [1.82, 2.24) is 5.32 Å². The monoisotopic (exact) mass is 284 g/mol. The smallest absolute Gasteiger partial charge is 0.243 e. The van der Waals surface area contributed by atoms with E-state index in [1.54, 1.807) is 23.3 Å². The fourth-order valence-electron chi connectivity index (χ4n) is 2.55. The van der Waals surface area contributed by atoms with Gasteiger partial charge in [0.15, 0.2) is 0 Å². The van der Waals surface area contributed by atoms with Gasteiger partial charge in [-0.15, -0.1) is 0 Å². The summed E-state index contributed by atoms with van der Waals surface area (Å²) in [5, 5.41) is 2.82. The van der Waals surface area contributed by atoms with Gasteiger partial charge in [0.1, 0.15) is 11.8 Å². The minimum Gasteiger partial charge on any atom is -0.467 e. The van der Waals surface area contributed by atoms with Crippen molar-refractivity contribution in [2.45, 2.75) is 25.4 Å².